The molecule has 1 aliphatic heterocycles. The number of carbonyl (C=O) groups excluding carboxylic acids is 2. The van der Waals surface area contributed by atoms with Gasteiger partial charge in [-0.3, -0.25) is 25.1 Å². The Morgan fingerprint density at radius 2 is 1.55 bits per heavy atom. The Morgan fingerprint density at radius 1 is 1.03 bits per heavy atom. The lowest BCUT2D eigenvalue weighted by Crippen LogP contribution is -2.41. The molecule has 2 aromatic rings. The Hall–Kier alpha value is -5.78. The number of allylic oxidation sites excluding steroid dienone is 1. The van der Waals surface area contributed by atoms with Gasteiger partial charge in [0.05, 0.1) is 52.8 Å². The van der Waals surface area contributed by atoms with E-state index in [1.165, 1.54) is 12.1 Å². The van der Waals surface area contributed by atoms with Gasteiger partial charge in [-0.25, -0.2) is 14.4 Å². The molecule has 2 aromatic carbocycles. The van der Waals surface area contributed by atoms with Gasteiger partial charge < -0.3 is 20.3 Å². The van der Waals surface area contributed by atoms with E-state index in [4.69, 9.17) is 15.2 Å². The lowest BCUT2D eigenvalue weighted by molar-refractivity contribution is -0.392. The minimum Gasteiger partial charge on any atom is -0.478 e. The number of hydrogen-bond acceptors (Lipinski definition) is 12. The molecule has 1 heterocycles. The fourth-order valence-electron chi connectivity index (χ4n) is 3.98. The summed E-state index contributed by atoms with van der Waals surface area (Å²) in [4.78, 5) is 59.9. The van der Waals surface area contributed by atoms with E-state index >= 15 is 0 Å². The van der Waals surface area contributed by atoms with Crippen LogP contribution < -0.4 is 10.6 Å². The minimum absolute atomic E-state index is 0.290. The second-order valence-electron chi connectivity index (χ2n) is 7.52. The van der Waals surface area contributed by atoms with Crippen molar-refractivity contribution < 1.29 is 38.8 Å². The normalized spacial score (nSPS) is 15.0. The molecule has 0 aromatic heterocycles. The zero-order valence-electron chi connectivity index (χ0n) is 19.6. The first-order valence-corrected chi connectivity index (χ1v) is 10.4. The number of nitro groups is 2. The molecule has 0 saturated heterocycles. The fraction of sp³-hybridized carbons (Fsp3) is 0.130. The number of anilines is 1. The van der Waals surface area contributed by atoms with E-state index in [0.29, 0.717) is 22.6 Å². The van der Waals surface area contributed by atoms with Crippen LogP contribution in [0.1, 0.15) is 21.8 Å². The van der Waals surface area contributed by atoms with Crippen LogP contribution in [0.4, 0.5) is 17.1 Å². The van der Waals surface area contributed by atoms with Gasteiger partial charge in [-0.1, -0.05) is 30.3 Å². The minimum atomic E-state index is -1.72. The average molecular weight is 523 g/mol. The van der Waals surface area contributed by atoms with Crippen molar-refractivity contribution in [3.05, 3.63) is 96.5 Å². The van der Waals surface area contributed by atoms with Crippen molar-refractivity contribution >= 4 is 35.0 Å². The molecule has 0 aliphatic carbocycles. The number of rotatable bonds is 7. The summed E-state index contributed by atoms with van der Waals surface area (Å²) < 4.78 is 9.62. The Morgan fingerprint density at radius 3 is 1.97 bits per heavy atom. The number of nitriles is 1. The van der Waals surface area contributed by atoms with Crippen LogP contribution in [-0.2, 0) is 19.1 Å². The molecule has 15 heteroatoms. The standard InChI is InChI=1S/C23H17N5O10/c1-37-22(31)17-16(11-6-4-3-5-7-11)13(10-24)20(25)26(19(17)23(32)38-2)18-14(27(33)34)8-12(21(29)30)9-15(18)28(35)36/h3-9,16H,25H2,1-2H3,(H,29,30). The van der Waals surface area contributed by atoms with Crippen molar-refractivity contribution in [3.63, 3.8) is 0 Å². The van der Waals surface area contributed by atoms with Gasteiger partial charge in [0.2, 0.25) is 5.69 Å². The van der Waals surface area contributed by atoms with Crippen LogP contribution in [0.5, 0.6) is 0 Å². The number of nitrogens with two attached hydrogens (primary N) is 1. The van der Waals surface area contributed by atoms with E-state index < -0.39 is 79.0 Å². The third kappa shape index (κ3) is 4.44. The Kier molecular flexibility index (Phi) is 7.38. The number of carbonyl (C=O) groups is 3. The number of hydrogen-bond donors (Lipinski definition) is 2. The van der Waals surface area contributed by atoms with Crippen molar-refractivity contribution in [2.24, 2.45) is 5.73 Å². The molecule has 3 N–H and O–H groups in total. The molecule has 1 aliphatic rings. The number of carboxylic acid groups (broad SMARTS) is 1. The fourth-order valence-corrected chi connectivity index (χ4v) is 3.98. The smallest absolute Gasteiger partial charge is 0.355 e. The molecular weight excluding hydrogens is 506 g/mol. The van der Waals surface area contributed by atoms with Crippen LogP contribution >= 0.6 is 0 Å². The lowest BCUT2D eigenvalue weighted by atomic mass is 9.80. The molecule has 0 radical (unpaired) electrons. The van der Waals surface area contributed by atoms with E-state index in [2.05, 4.69) is 0 Å². The highest BCUT2D eigenvalue weighted by Gasteiger charge is 2.47. The molecule has 0 saturated carbocycles. The third-order valence-corrected chi connectivity index (χ3v) is 5.54. The second-order valence-corrected chi connectivity index (χ2v) is 7.52. The predicted molar refractivity (Wildman–Crippen MR) is 126 cm³/mol. The third-order valence-electron chi connectivity index (χ3n) is 5.54. The predicted octanol–water partition coefficient (Wildman–Crippen LogP) is 2.10. The van der Waals surface area contributed by atoms with Crippen LogP contribution in [0.2, 0.25) is 0 Å². The maximum absolute atomic E-state index is 13.1. The van der Waals surface area contributed by atoms with Crippen LogP contribution in [0.15, 0.2) is 65.1 Å². The number of nitro benzene ring substituents is 2. The van der Waals surface area contributed by atoms with Gasteiger partial charge >= 0.3 is 29.3 Å². The number of ether oxygens (including phenoxy) is 2. The summed E-state index contributed by atoms with van der Waals surface area (Å²) in [6, 6.07) is 10.6. The molecule has 1 unspecified atom stereocenters. The molecular formula is C23H17N5O10. The first kappa shape index (κ1) is 26.8. The molecule has 194 valence electrons. The Labute approximate surface area is 212 Å². The van der Waals surface area contributed by atoms with Crippen molar-refractivity contribution in [1.29, 1.82) is 5.26 Å². The van der Waals surface area contributed by atoms with Crippen LogP contribution in [-0.4, -0.2) is 47.1 Å². The maximum atomic E-state index is 13.1. The number of benzene rings is 2. The SMILES string of the molecule is COC(=O)C1=C(C(=O)OC)N(c2c([N+](=O)[O-])cc(C(=O)O)cc2[N+](=O)[O-])C(N)=C(C#N)C1c1ccccc1. The van der Waals surface area contributed by atoms with Crippen molar-refractivity contribution in [3.8, 4) is 6.07 Å². The molecule has 1 atom stereocenters. The molecule has 0 amide bonds. The zero-order chi connectivity index (χ0) is 28.3. The summed E-state index contributed by atoms with van der Waals surface area (Å²) in [5, 5.41) is 43.4. The second kappa shape index (κ2) is 10.5. The number of esters is 2. The Bertz CT molecular complexity index is 1450. The van der Waals surface area contributed by atoms with Gasteiger partial charge in [0.25, 0.3) is 0 Å². The summed E-state index contributed by atoms with van der Waals surface area (Å²) >= 11 is 0. The largest absolute Gasteiger partial charge is 0.478 e. The molecule has 0 spiro atoms. The first-order valence-electron chi connectivity index (χ1n) is 10.4. The summed E-state index contributed by atoms with van der Waals surface area (Å²) in [5.41, 5.74) is 0.666. The van der Waals surface area contributed by atoms with Crippen LogP contribution in [0, 0.1) is 31.6 Å². The monoisotopic (exact) mass is 523 g/mol. The van der Waals surface area contributed by atoms with Crippen molar-refractivity contribution in [2.75, 3.05) is 19.1 Å². The van der Waals surface area contributed by atoms with Gasteiger partial charge in [0.1, 0.15) is 11.5 Å². The number of carboxylic acids is 1. The van der Waals surface area contributed by atoms with E-state index in [1.54, 1.807) is 24.3 Å². The molecule has 38 heavy (non-hydrogen) atoms. The van der Waals surface area contributed by atoms with Crippen molar-refractivity contribution in [1.82, 2.24) is 0 Å². The lowest BCUT2D eigenvalue weighted by Gasteiger charge is -2.35. The summed E-state index contributed by atoms with van der Waals surface area (Å²) in [5.74, 6) is -6.21. The zero-order valence-corrected chi connectivity index (χ0v) is 19.6. The Balaban J connectivity index is 2.61. The van der Waals surface area contributed by atoms with E-state index in [1.807, 2.05) is 0 Å². The number of methoxy groups -OCH3 is 2. The van der Waals surface area contributed by atoms with Gasteiger partial charge in [0.15, 0.2) is 0 Å². The first-order chi connectivity index (χ1) is 18.0. The highest BCUT2D eigenvalue weighted by molar-refractivity contribution is 6.08. The highest BCUT2D eigenvalue weighted by Crippen LogP contribution is 2.48. The maximum Gasteiger partial charge on any atom is 0.355 e. The molecule has 0 bridgehead atoms. The average Bonchev–Trinajstić information content (AvgIpc) is 2.90. The summed E-state index contributed by atoms with van der Waals surface area (Å²) in [7, 11) is 1.88. The topological polar surface area (TPSA) is 229 Å². The van der Waals surface area contributed by atoms with Gasteiger partial charge in [-0.15, -0.1) is 0 Å². The van der Waals surface area contributed by atoms with Crippen molar-refractivity contribution in [2.45, 2.75) is 5.92 Å². The summed E-state index contributed by atoms with van der Waals surface area (Å²) in [6.07, 6.45) is 0. The quantitative estimate of drug-likeness (QED) is 0.301. The van der Waals surface area contributed by atoms with Crippen LogP contribution in [0.3, 0.4) is 0 Å². The molecule has 3 rings (SSSR count). The highest BCUT2D eigenvalue weighted by atomic mass is 16.6. The van der Waals surface area contributed by atoms with Gasteiger partial charge in [-0.05, 0) is 5.56 Å². The number of nitrogens with zero attached hydrogens (tertiary/aromatic N) is 4. The number of aromatic carboxylic acids is 1. The van der Waals surface area contributed by atoms with E-state index in [0.717, 1.165) is 14.2 Å². The van der Waals surface area contributed by atoms with E-state index in [9.17, 15) is 45.0 Å². The van der Waals surface area contributed by atoms with Crippen LogP contribution in [0.25, 0.3) is 0 Å². The molecule has 15 nitrogen and oxygen atoms in total. The summed E-state index contributed by atoms with van der Waals surface area (Å²) in [6.45, 7) is 0. The van der Waals surface area contributed by atoms with Gasteiger partial charge in [-0.2, -0.15) is 5.26 Å². The molecule has 0 fully saturated rings. The van der Waals surface area contributed by atoms with E-state index in [-0.39, 0.29) is 0 Å². The van der Waals surface area contributed by atoms with Gasteiger partial charge in [0, 0.05) is 12.1 Å².